The minimum atomic E-state index is -0.406. The minimum absolute atomic E-state index is 0.0988. The van der Waals surface area contributed by atoms with Crippen LogP contribution in [0.1, 0.15) is 5.56 Å². The fraction of sp³-hybridized carbons (Fsp3) is 0.167. The zero-order valence-corrected chi connectivity index (χ0v) is 10.6. The van der Waals surface area contributed by atoms with Gasteiger partial charge in [0, 0.05) is 5.56 Å². The van der Waals surface area contributed by atoms with Gasteiger partial charge in [-0.1, -0.05) is 11.6 Å². The molecule has 0 bridgehead atoms. The number of nitrogens with one attached hydrogen (secondary N) is 1. The number of hydrogen-bond donors (Lipinski definition) is 2. The van der Waals surface area contributed by atoms with Gasteiger partial charge >= 0.3 is 0 Å². The molecule has 1 aromatic heterocycles. The third-order valence-corrected chi connectivity index (χ3v) is 3.11. The van der Waals surface area contributed by atoms with Crippen LogP contribution in [0.2, 0.25) is 5.02 Å². The van der Waals surface area contributed by atoms with Crippen molar-refractivity contribution in [1.82, 2.24) is 9.97 Å². The van der Waals surface area contributed by atoms with E-state index in [4.69, 9.17) is 21.1 Å². The molecule has 1 aromatic carbocycles. The summed E-state index contributed by atoms with van der Waals surface area (Å²) in [6.07, 6.45) is 0. The van der Waals surface area contributed by atoms with Gasteiger partial charge < -0.3 is 19.6 Å². The number of H-pyrrole nitrogens is 1. The molecule has 1 aliphatic rings. The molecule has 0 atom stereocenters. The van der Waals surface area contributed by atoms with Crippen LogP contribution in [0.15, 0.2) is 16.9 Å². The van der Waals surface area contributed by atoms with E-state index < -0.39 is 5.56 Å². The Labute approximate surface area is 112 Å². The molecule has 2 N–H and O–H groups in total. The molecule has 0 radical (unpaired) electrons. The van der Waals surface area contributed by atoms with Gasteiger partial charge in [-0.15, -0.1) is 0 Å². The van der Waals surface area contributed by atoms with Crippen LogP contribution in [-0.2, 0) is 0 Å². The topological polar surface area (TPSA) is 84.4 Å². The van der Waals surface area contributed by atoms with Gasteiger partial charge in [-0.25, -0.2) is 0 Å². The van der Waals surface area contributed by atoms with Crippen molar-refractivity contribution in [3.63, 3.8) is 0 Å². The van der Waals surface area contributed by atoms with E-state index in [0.29, 0.717) is 22.1 Å². The van der Waals surface area contributed by atoms with Gasteiger partial charge in [-0.05, 0) is 19.1 Å². The lowest BCUT2D eigenvalue weighted by Crippen LogP contribution is -2.12. The smallest absolute Gasteiger partial charge is 0.257 e. The number of aromatic nitrogens is 2. The number of ether oxygens (including phenoxy) is 2. The number of rotatable bonds is 1. The Morgan fingerprint density at radius 3 is 2.95 bits per heavy atom. The molecule has 0 unspecified atom stereocenters. The molecule has 3 rings (SSSR count). The predicted molar refractivity (Wildman–Crippen MR) is 67.8 cm³/mol. The third kappa shape index (κ3) is 1.90. The molecule has 0 saturated carbocycles. The Morgan fingerprint density at radius 1 is 1.42 bits per heavy atom. The molecule has 19 heavy (non-hydrogen) atoms. The molecule has 0 aliphatic carbocycles. The van der Waals surface area contributed by atoms with Crippen LogP contribution >= 0.6 is 11.6 Å². The number of hydrogen-bond acceptors (Lipinski definition) is 5. The highest BCUT2D eigenvalue weighted by molar-refractivity contribution is 6.32. The molecule has 2 aromatic rings. The van der Waals surface area contributed by atoms with Gasteiger partial charge in [0.15, 0.2) is 11.5 Å². The van der Waals surface area contributed by atoms with Crippen molar-refractivity contribution >= 4 is 11.6 Å². The summed E-state index contributed by atoms with van der Waals surface area (Å²) >= 11 is 6.05. The molecule has 0 saturated heterocycles. The van der Waals surface area contributed by atoms with Crippen molar-refractivity contribution < 1.29 is 14.6 Å². The van der Waals surface area contributed by atoms with E-state index in [1.165, 1.54) is 6.92 Å². The number of aromatic hydroxyl groups is 1. The van der Waals surface area contributed by atoms with Gasteiger partial charge in [0.2, 0.25) is 12.7 Å². The molecule has 0 fully saturated rings. The quantitative estimate of drug-likeness (QED) is 0.832. The lowest BCUT2D eigenvalue weighted by atomic mass is 10.2. The fourth-order valence-electron chi connectivity index (χ4n) is 1.76. The number of halogens is 1. The maximum Gasteiger partial charge on any atom is 0.257 e. The van der Waals surface area contributed by atoms with Crippen LogP contribution in [0.4, 0.5) is 0 Å². The average Bonchev–Trinajstić information content (AvgIpc) is 2.84. The highest BCUT2D eigenvalue weighted by Gasteiger charge is 2.20. The number of nitrogens with zero attached hydrogens (tertiary/aromatic N) is 1. The van der Waals surface area contributed by atoms with Gasteiger partial charge in [-0.3, -0.25) is 4.79 Å². The Morgan fingerprint density at radius 2 is 2.21 bits per heavy atom. The first-order chi connectivity index (χ1) is 9.06. The Bertz CT molecular complexity index is 726. The number of benzene rings is 1. The standard InChI is InChI=1S/C12H9ClN2O4/c1-5-11(16)14-10(15-12(5)17)6-2-7(13)9-8(3-6)18-4-19-9/h2-3H,4H2,1H3,(H2,14,15,16,17). The fourth-order valence-corrected chi connectivity index (χ4v) is 2.03. The van der Waals surface area contributed by atoms with Crippen molar-refractivity contribution in [1.29, 1.82) is 0 Å². The average molecular weight is 281 g/mol. The molecular formula is C12H9ClN2O4. The summed E-state index contributed by atoms with van der Waals surface area (Å²) in [5.74, 6) is 0.843. The second kappa shape index (κ2) is 4.17. The first-order valence-corrected chi connectivity index (χ1v) is 5.83. The lowest BCUT2D eigenvalue weighted by molar-refractivity contribution is 0.174. The summed E-state index contributed by atoms with van der Waals surface area (Å²) in [6.45, 7) is 1.58. The summed E-state index contributed by atoms with van der Waals surface area (Å²) in [5.41, 5.74) is 0.286. The first-order valence-electron chi connectivity index (χ1n) is 5.45. The van der Waals surface area contributed by atoms with Crippen LogP contribution < -0.4 is 15.0 Å². The predicted octanol–water partition coefficient (Wildman–Crippen LogP) is 1.83. The molecule has 2 heterocycles. The Balaban J connectivity index is 2.18. The van der Waals surface area contributed by atoms with Gasteiger partial charge in [-0.2, -0.15) is 4.98 Å². The van der Waals surface area contributed by atoms with Crippen molar-refractivity contribution in [2.45, 2.75) is 6.92 Å². The second-order valence-corrected chi connectivity index (χ2v) is 4.46. The zero-order chi connectivity index (χ0) is 13.6. The molecule has 98 valence electrons. The normalized spacial score (nSPS) is 12.7. The Hall–Kier alpha value is -2.21. The van der Waals surface area contributed by atoms with E-state index in [0.717, 1.165) is 0 Å². The van der Waals surface area contributed by atoms with E-state index in [9.17, 15) is 9.90 Å². The second-order valence-electron chi connectivity index (χ2n) is 4.05. The molecule has 0 spiro atoms. The lowest BCUT2D eigenvalue weighted by Gasteiger charge is -2.06. The molecule has 0 amide bonds. The van der Waals surface area contributed by atoms with Gasteiger partial charge in [0.05, 0.1) is 10.6 Å². The van der Waals surface area contributed by atoms with Crippen molar-refractivity contribution in [3.8, 4) is 28.8 Å². The monoisotopic (exact) mass is 280 g/mol. The van der Waals surface area contributed by atoms with E-state index in [1.807, 2.05) is 0 Å². The summed E-state index contributed by atoms with van der Waals surface area (Å²) < 4.78 is 10.4. The van der Waals surface area contributed by atoms with Crippen LogP contribution in [0.25, 0.3) is 11.4 Å². The highest BCUT2D eigenvalue weighted by atomic mass is 35.5. The maximum absolute atomic E-state index is 11.6. The summed E-state index contributed by atoms with van der Waals surface area (Å²) in [5, 5.41) is 9.94. The summed E-state index contributed by atoms with van der Waals surface area (Å²) in [6, 6.07) is 3.23. The Kier molecular flexibility index (Phi) is 2.60. The number of aromatic amines is 1. The summed E-state index contributed by atoms with van der Waals surface area (Å²) in [7, 11) is 0. The molecule has 6 nitrogen and oxygen atoms in total. The highest BCUT2D eigenvalue weighted by Crippen LogP contribution is 2.41. The summed E-state index contributed by atoms with van der Waals surface area (Å²) in [4.78, 5) is 18.1. The van der Waals surface area contributed by atoms with E-state index >= 15 is 0 Å². The van der Waals surface area contributed by atoms with Gasteiger partial charge in [0.1, 0.15) is 5.82 Å². The SMILES string of the molecule is Cc1c(O)nc(-c2cc(Cl)c3c(c2)OCO3)[nH]c1=O. The maximum atomic E-state index is 11.6. The first kappa shape index (κ1) is 11.9. The zero-order valence-electron chi connectivity index (χ0n) is 9.86. The molecule has 7 heteroatoms. The van der Waals surface area contributed by atoms with E-state index in [1.54, 1.807) is 12.1 Å². The number of fused-ring (bicyclic) bond motifs is 1. The third-order valence-electron chi connectivity index (χ3n) is 2.83. The van der Waals surface area contributed by atoms with Gasteiger partial charge in [0.25, 0.3) is 5.56 Å². The van der Waals surface area contributed by atoms with Crippen LogP contribution in [-0.4, -0.2) is 21.9 Å². The largest absolute Gasteiger partial charge is 0.493 e. The van der Waals surface area contributed by atoms with Crippen molar-refractivity contribution in [2.24, 2.45) is 0 Å². The van der Waals surface area contributed by atoms with Crippen LogP contribution in [0.5, 0.6) is 17.4 Å². The van der Waals surface area contributed by atoms with Crippen molar-refractivity contribution in [3.05, 3.63) is 33.1 Å². The van der Waals surface area contributed by atoms with Crippen LogP contribution in [0.3, 0.4) is 0 Å². The van der Waals surface area contributed by atoms with E-state index in [2.05, 4.69) is 9.97 Å². The van der Waals surface area contributed by atoms with Crippen molar-refractivity contribution in [2.75, 3.05) is 6.79 Å². The molecule has 1 aliphatic heterocycles. The molecular weight excluding hydrogens is 272 g/mol. The van der Waals surface area contributed by atoms with Crippen LogP contribution in [0, 0.1) is 6.92 Å². The minimum Gasteiger partial charge on any atom is -0.493 e. The van der Waals surface area contributed by atoms with E-state index in [-0.39, 0.29) is 24.1 Å².